The van der Waals surface area contributed by atoms with Crippen LogP contribution in [0.15, 0.2) is 107 Å². The fourth-order valence-corrected chi connectivity index (χ4v) is 6.65. The Morgan fingerprint density at radius 1 is 0.977 bits per heavy atom. The number of ketones is 1. The number of amides is 1. The SMILES string of the molecule is Cc1ccccc1COc1ccc(/C(O)=C2\C(=O)C(=O)N(c3nnc(SCc4ccccc4F)s3)C2c2cccnc2)cc1. The maximum absolute atomic E-state index is 14.1. The average Bonchev–Trinajstić information content (AvgIpc) is 3.62. The third kappa shape index (κ3) is 5.97. The quantitative estimate of drug-likeness (QED) is 0.0622. The Labute approximate surface area is 260 Å². The number of aromatic nitrogens is 3. The number of hydrogen-bond acceptors (Lipinski definition) is 9. The molecule has 11 heteroatoms. The lowest BCUT2D eigenvalue weighted by molar-refractivity contribution is -0.132. The number of hydrogen-bond donors (Lipinski definition) is 1. The predicted octanol–water partition coefficient (Wildman–Crippen LogP) is 6.88. The van der Waals surface area contributed by atoms with E-state index in [0.717, 1.165) is 22.5 Å². The summed E-state index contributed by atoms with van der Waals surface area (Å²) in [5, 5.41) is 20.0. The van der Waals surface area contributed by atoms with E-state index in [1.54, 1.807) is 60.8 Å². The Kier molecular flexibility index (Phi) is 8.49. The first kappa shape index (κ1) is 29.2. The molecule has 0 aliphatic carbocycles. The van der Waals surface area contributed by atoms with Gasteiger partial charge in [-0.3, -0.25) is 19.5 Å². The molecule has 3 heterocycles. The summed E-state index contributed by atoms with van der Waals surface area (Å²) in [6.07, 6.45) is 3.11. The topological polar surface area (TPSA) is 106 Å². The number of thioether (sulfide) groups is 1. The molecule has 8 nitrogen and oxygen atoms in total. The number of carbonyl (C=O) groups excluding carboxylic acids is 2. The van der Waals surface area contributed by atoms with Crippen LogP contribution in [-0.4, -0.2) is 32.0 Å². The monoisotopic (exact) mass is 624 g/mol. The number of pyridine rings is 1. The van der Waals surface area contributed by atoms with Gasteiger partial charge in [0.2, 0.25) is 5.13 Å². The van der Waals surface area contributed by atoms with Crippen LogP contribution in [0.25, 0.3) is 5.76 Å². The van der Waals surface area contributed by atoms with E-state index in [4.69, 9.17) is 4.74 Å². The summed E-state index contributed by atoms with van der Waals surface area (Å²) in [6.45, 7) is 2.40. The van der Waals surface area contributed by atoms with Crippen LogP contribution in [-0.2, 0) is 21.9 Å². The van der Waals surface area contributed by atoms with Crippen molar-refractivity contribution < 1.29 is 23.8 Å². The molecule has 1 N–H and O–H groups in total. The van der Waals surface area contributed by atoms with Crippen molar-refractivity contribution in [2.75, 3.05) is 4.90 Å². The average molecular weight is 625 g/mol. The van der Waals surface area contributed by atoms with Gasteiger partial charge in [-0.1, -0.05) is 71.6 Å². The van der Waals surface area contributed by atoms with Crippen LogP contribution in [0.5, 0.6) is 5.75 Å². The number of nitrogens with zero attached hydrogens (tertiary/aromatic N) is 4. The van der Waals surface area contributed by atoms with Crippen molar-refractivity contribution in [3.8, 4) is 5.75 Å². The lowest BCUT2D eigenvalue weighted by Crippen LogP contribution is -2.29. The Bertz CT molecular complexity index is 1860. The summed E-state index contributed by atoms with van der Waals surface area (Å²) < 4.78 is 20.5. The maximum atomic E-state index is 14.1. The van der Waals surface area contributed by atoms with Gasteiger partial charge in [0.1, 0.15) is 23.9 Å². The lowest BCUT2D eigenvalue weighted by Gasteiger charge is -2.22. The number of aryl methyl sites for hydroxylation is 1. The van der Waals surface area contributed by atoms with Gasteiger partial charge in [-0.05, 0) is 65.6 Å². The van der Waals surface area contributed by atoms with Crippen molar-refractivity contribution in [3.05, 3.63) is 137 Å². The fraction of sp³-hybridized carbons (Fsp3) is 0.121. The minimum atomic E-state index is -0.988. The maximum Gasteiger partial charge on any atom is 0.301 e. The van der Waals surface area contributed by atoms with Gasteiger partial charge in [-0.2, -0.15) is 0 Å². The fourth-order valence-electron chi connectivity index (χ4n) is 4.79. The summed E-state index contributed by atoms with van der Waals surface area (Å²) in [4.78, 5) is 32.3. The van der Waals surface area contributed by atoms with Gasteiger partial charge < -0.3 is 9.84 Å². The zero-order valence-corrected chi connectivity index (χ0v) is 25.0. The third-order valence-electron chi connectivity index (χ3n) is 7.14. The zero-order chi connectivity index (χ0) is 30.6. The van der Waals surface area contributed by atoms with Crippen LogP contribution in [0.2, 0.25) is 0 Å². The van der Waals surface area contributed by atoms with Crippen molar-refractivity contribution >= 4 is 45.7 Å². The van der Waals surface area contributed by atoms with E-state index >= 15 is 0 Å². The normalized spacial score (nSPS) is 16.0. The second-order valence-electron chi connectivity index (χ2n) is 9.93. The smallest absolute Gasteiger partial charge is 0.301 e. The molecule has 1 saturated heterocycles. The molecule has 2 aromatic heterocycles. The number of anilines is 1. The van der Waals surface area contributed by atoms with E-state index < -0.39 is 17.7 Å². The van der Waals surface area contributed by atoms with Crippen LogP contribution in [0.3, 0.4) is 0 Å². The number of carbonyl (C=O) groups is 2. The first-order chi connectivity index (χ1) is 21.4. The van der Waals surface area contributed by atoms with Crippen LogP contribution in [0, 0.1) is 12.7 Å². The number of Topliss-reactive ketones (excluding diaryl/α,β-unsaturated/α-hetero) is 1. The van der Waals surface area contributed by atoms with E-state index in [2.05, 4.69) is 15.2 Å². The van der Waals surface area contributed by atoms with Crippen molar-refractivity contribution in [1.82, 2.24) is 15.2 Å². The first-order valence-electron chi connectivity index (χ1n) is 13.6. The molecule has 0 bridgehead atoms. The van der Waals surface area contributed by atoms with E-state index in [-0.39, 0.29) is 22.3 Å². The summed E-state index contributed by atoms with van der Waals surface area (Å²) >= 11 is 2.38. The number of aliphatic hydroxyl groups is 1. The first-order valence-corrected chi connectivity index (χ1v) is 15.4. The summed E-state index contributed by atoms with van der Waals surface area (Å²) in [5.41, 5.74) is 3.46. The summed E-state index contributed by atoms with van der Waals surface area (Å²) in [5.74, 6) is -1.45. The van der Waals surface area contributed by atoms with Gasteiger partial charge in [-0.15, -0.1) is 10.2 Å². The molecule has 1 aliphatic rings. The standard InChI is InChI=1S/C33H25FN4O4S2/c1-20-7-2-3-8-23(20)18-42-25-14-12-21(13-15-25)29(39)27-28(22-10-6-16-35-17-22)38(31(41)30(27)40)32-36-37-33(44-32)43-19-24-9-4-5-11-26(24)34/h2-17,28,39H,18-19H2,1H3/b29-27+. The van der Waals surface area contributed by atoms with E-state index in [1.165, 1.54) is 28.9 Å². The second-order valence-corrected chi connectivity index (χ2v) is 12.1. The Hall–Kier alpha value is -4.87. The van der Waals surface area contributed by atoms with Gasteiger partial charge in [0.05, 0.1) is 11.6 Å². The van der Waals surface area contributed by atoms with Crippen LogP contribution in [0.4, 0.5) is 9.52 Å². The molecular weight excluding hydrogens is 600 g/mol. The number of rotatable bonds is 9. The molecule has 0 saturated carbocycles. The molecule has 1 aliphatic heterocycles. The zero-order valence-electron chi connectivity index (χ0n) is 23.4. The highest BCUT2D eigenvalue weighted by Crippen LogP contribution is 2.44. The van der Waals surface area contributed by atoms with E-state index in [9.17, 15) is 19.1 Å². The molecule has 44 heavy (non-hydrogen) atoms. The van der Waals surface area contributed by atoms with Gasteiger partial charge in [0.25, 0.3) is 5.78 Å². The van der Waals surface area contributed by atoms with Gasteiger partial charge in [0, 0.05) is 23.7 Å². The molecule has 3 aromatic carbocycles. The van der Waals surface area contributed by atoms with Crippen molar-refractivity contribution in [2.45, 2.75) is 29.7 Å². The van der Waals surface area contributed by atoms with E-state index in [0.29, 0.717) is 39.1 Å². The molecule has 1 unspecified atom stereocenters. The lowest BCUT2D eigenvalue weighted by atomic mass is 9.96. The van der Waals surface area contributed by atoms with Crippen LogP contribution >= 0.6 is 23.1 Å². The van der Waals surface area contributed by atoms with Crippen LogP contribution < -0.4 is 9.64 Å². The minimum absolute atomic E-state index is 0.0904. The number of aliphatic hydroxyl groups excluding tert-OH is 1. The van der Waals surface area contributed by atoms with E-state index in [1.807, 2.05) is 31.2 Å². The highest BCUT2D eigenvalue weighted by atomic mass is 32.2. The Balaban J connectivity index is 1.29. The molecular formula is C33H25FN4O4S2. The Morgan fingerprint density at radius 2 is 1.73 bits per heavy atom. The third-order valence-corrected chi connectivity index (χ3v) is 9.24. The molecule has 220 valence electrons. The molecule has 1 fully saturated rings. The second kappa shape index (κ2) is 12.8. The Morgan fingerprint density at radius 3 is 2.45 bits per heavy atom. The largest absolute Gasteiger partial charge is 0.507 e. The number of benzene rings is 3. The number of ether oxygens (including phenoxy) is 1. The molecule has 0 radical (unpaired) electrons. The van der Waals surface area contributed by atoms with Gasteiger partial charge >= 0.3 is 5.91 Å². The summed E-state index contributed by atoms with van der Waals surface area (Å²) in [7, 11) is 0. The highest BCUT2D eigenvalue weighted by Gasteiger charge is 2.48. The molecule has 0 spiro atoms. The van der Waals surface area contributed by atoms with Crippen molar-refractivity contribution in [3.63, 3.8) is 0 Å². The van der Waals surface area contributed by atoms with Gasteiger partial charge in [-0.25, -0.2) is 4.39 Å². The molecule has 1 atom stereocenters. The molecule has 6 rings (SSSR count). The summed E-state index contributed by atoms with van der Waals surface area (Å²) in [6, 6.07) is 23.5. The number of halogens is 1. The minimum Gasteiger partial charge on any atom is -0.507 e. The van der Waals surface area contributed by atoms with Crippen molar-refractivity contribution in [2.24, 2.45) is 0 Å². The molecule has 1 amide bonds. The van der Waals surface area contributed by atoms with Crippen molar-refractivity contribution in [1.29, 1.82) is 0 Å². The molecule has 5 aromatic rings. The highest BCUT2D eigenvalue weighted by molar-refractivity contribution is 8.00. The van der Waals surface area contributed by atoms with Crippen LogP contribution in [0.1, 0.15) is 33.9 Å². The van der Waals surface area contributed by atoms with Gasteiger partial charge in [0.15, 0.2) is 4.34 Å². The predicted molar refractivity (Wildman–Crippen MR) is 167 cm³/mol.